The fraction of sp³-hybridized carbons (Fsp3) is 0. The van der Waals surface area contributed by atoms with Crippen molar-refractivity contribution < 1.29 is 4.42 Å². The van der Waals surface area contributed by atoms with Crippen LogP contribution in [-0.4, -0.2) is 15.0 Å². The first-order chi connectivity index (χ1) is 24.7. The van der Waals surface area contributed by atoms with Crippen LogP contribution in [0.15, 0.2) is 168 Å². The molecule has 0 atom stereocenters. The summed E-state index contributed by atoms with van der Waals surface area (Å²) in [7, 11) is 0. The SMILES string of the molecule is C1=C=C(c2ccccc2-c2nc(-c3ccc4c(c3)oc3ccccc34)nc(-c3ccc4sc5ccccc5c4c3)n2)C=CC=1c1ccccc1. The van der Waals surface area contributed by atoms with E-state index in [1.54, 1.807) is 11.3 Å². The van der Waals surface area contributed by atoms with Gasteiger partial charge in [-0.15, -0.1) is 11.3 Å². The monoisotopic (exact) mass is 655 g/mol. The molecular weight excluding hydrogens is 631 g/mol. The lowest BCUT2D eigenvalue weighted by Crippen LogP contribution is -2.01. The highest BCUT2D eigenvalue weighted by Gasteiger charge is 2.18. The Kier molecular flexibility index (Phi) is 6.55. The van der Waals surface area contributed by atoms with E-state index in [2.05, 4.69) is 109 Å². The van der Waals surface area contributed by atoms with E-state index >= 15 is 0 Å². The van der Waals surface area contributed by atoms with Crippen LogP contribution in [0.3, 0.4) is 0 Å². The van der Waals surface area contributed by atoms with Gasteiger partial charge in [0.15, 0.2) is 17.5 Å². The third kappa shape index (κ3) is 4.82. The molecule has 0 unspecified atom stereocenters. The summed E-state index contributed by atoms with van der Waals surface area (Å²) in [6, 6.07) is 47.8. The summed E-state index contributed by atoms with van der Waals surface area (Å²) < 4.78 is 8.76. The number of furan rings is 1. The minimum atomic E-state index is 0.576. The maximum Gasteiger partial charge on any atom is 0.164 e. The van der Waals surface area contributed by atoms with Crippen molar-refractivity contribution in [2.45, 2.75) is 0 Å². The summed E-state index contributed by atoms with van der Waals surface area (Å²) in [5.74, 6) is 1.77. The second-order valence-corrected chi connectivity index (χ2v) is 13.3. The molecule has 4 nitrogen and oxygen atoms in total. The van der Waals surface area contributed by atoms with Crippen LogP contribution in [-0.2, 0) is 0 Å². The van der Waals surface area contributed by atoms with Gasteiger partial charge in [-0.25, -0.2) is 15.0 Å². The van der Waals surface area contributed by atoms with Crippen LogP contribution in [0.2, 0.25) is 0 Å². The molecule has 0 aliphatic heterocycles. The van der Waals surface area contributed by atoms with Gasteiger partial charge in [0.2, 0.25) is 0 Å². The number of rotatable bonds is 5. The first-order valence-corrected chi connectivity index (χ1v) is 17.3. The van der Waals surface area contributed by atoms with Crippen molar-refractivity contribution in [2.24, 2.45) is 0 Å². The average molecular weight is 656 g/mol. The van der Waals surface area contributed by atoms with Crippen molar-refractivity contribution in [1.82, 2.24) is 15.0 Å². The molecule has 6 aromatic carbocycles. The van der Waals surface area contributed by atoms with Crippen molar-refractivity contribution in [3.05, 3.63) is 174 Å². The van der Waals surface area contributed by atoms with Crippen molar-refractivity contribution in [3.63, 3.8) is 0 Å². The molecule has 5 heteroatoms. The molecule has 0 saturated carbocycles. The molecule has 232 valence electrons. The van der Waals surface area contributed by atoms with Crippen molar-refractivity contribution in [2.75, 3.05) is 0 Å². The van der Waals surface area contributed by atoms with Crippen molar-refractivity contribution in [1.29, 1.82) is 0 Å². The molecule has 0 saturated heterocycles. The maximum absolute atomic E-state index is 6.27. The van der Waals surface area contributed by atoms with E-state index in [0.29, 0.717) is 17.5 Å². The summed E-state index contributed by atoms with van der Waals surface area (Å²) in [5, 5.41) is 4.57. The number of aromatic nitrogens is 3. The van der Waals surface area contributed by atoms with Gasteiger partial charge < -0.3 is 4.42 Å². The van der Waals surface area contributed by atoms with Gasteiger partial charge in [-0.2, -0.15) is 0 Å². The Bertz CT molecular complexity index is 2950. The van der Waals surface area contributed by atoms with Crippen LogP contribution in [0.25, 0.3) is 87.4 Å². The summed E-state index contributed by atoms with van der Waals surface area (Å²) >= 11 is 1.80. The molecule has 0 amide bonds. The number of hydrogen-bond donors (Lipinski definition) is 0. The first kappa shape index (κ1) is 28.4. The average Bonchev–Trinajstić information content (AvgIpc) is 3.76. The van der Waals surface area contributed by atoms with E-state index in [0.717, 1.165) is 60.9 Å². The minimum Gasteiger partial charge on any atom is -0.456 e. The van der Waals surface area contributed by atoms with Gasteiger partial charge in [-0.3, -0.25) is 0 Å². The highest BCUT2D eigenvalue weighted by Crippen LogP contribution is 2.38. The molecule has 0 radical (unpaired) electrons. The predicted octanol–water partition coefficient (Wildman–Crippen LogP) is 11.9. The largest absolute Gasteiger partial charge is 0.456 e. The Morgan fingerprint density at radius 3 is 1.88 bits per heavy atom. The van der Waals surface area contributed by atoms with Gasteiger partial charge in [0, 0.05) is 64.3 Å². The van der Waals surface area contributed by atoms with Crippen molar-refractivity contribution in [3.8, 4) is 34.2 Å². The van der Waals surface area contributed by atoms with Gasteiger partial charge in [0.05, 0.1) is 0 Å². The molecule has 0 spiro atoms. The van der Waals surface area contributed by atoms with E-state index in [4.69, 9.17) is 19.4 Å². The molecule has 1 aliphatic carbocycles. The lowest BCUT2D eigenvalue weighted by Gasteiger charge is -2.12. The Labute approximate surface area is 291 Å². The predicted molar refractivity (Wildman–Crippen MR) is 206 cm³/mol. The quantitative estimate of drug-likeness (QED) is 0.173. The topological polar surface area (TPSA) is 51.8 Å². The van der Waals surface area contributed by atoms with Crippen molar-refractivity contribution >= 4 is 64.6 Å². The maximum atomic E-state index is 6.27. The zero-order chi connectivity index (χ0) is 33.0. The fourth-order valence-electron chi connectivity index (χ4n) is 6.73. The van der Waals surface area contributed by atoms with E-state index in [1.165, 1.54) is 20.2 Å². The highest BCUT2D eigenvalue weighted by atomic mass is 32.1. The second-order valence-electron chi connectivity index (χ2n) is 12.2. The van der Waals surface area contributed by atoms with E-state index in [-0.39, 0.29) is 0 Å². The molecule has 0 bridgehead atoms. The zero-order valence-electron chi connectivity index (χ0n) is 26.6. The lowest BCUT2D eigenvalue weighted by molar-refractivity contribution is 0.669. The van der Waals surface area contributed by atoms with Crippen LogP contribution in [0, 0.1) is 0 Å². The molecule has 3 heterocycles. The summed E-state index contributed by atoms with van der Waals surface area (Å²) in [6.07, 6.45) is 4.18. The summed E-state index contributed by atoms with van der Waals surface area (Å²) in [4.78, 5) is 15.4. The van der Waals surface area contributed by atoms with Gasteiger partial charge >= 0.3 is 0 Å². The smallest absolute Gasteiger partial charge is 0.164 e. The minimum absolute atomic E-state index is 0.576. The molecule has 0 fully saturated rings. The van der Waals surface area contributed by atoms with E-state index in [1.807, 2.05) is 54.6 Å². The Morgan fingerprint density at radius 2 is 1.04 bits per heavy atom. The number of thiophene rings is 1. The molecule has 10 rings (SSSR count). The first-order valence-electron chi connectivity index (χ1n) is 16.4. The standard InChI is InChI=1S/C45H25N3OS/c1-2-10-28(11-3-1)29-18-20-30(21-19-29)33-12-4-5-15-37(33)45-47-43(31-23-25-42-38(26-31)36-14-7-9-17-41(36)50-42)46-44(48-45)32-22-24-35-34-13-6-8-16-39(34)49-40(35)27-32/h1-18,20,22-27H. The van der Waals surface area contributed by atoms with Crippen LogP contribution >= 0.6 is 11.3 Å². The second kappa shape index (κ2) is 11.5. The Morgan fingerprint density at radius 1 is 0.420 bits per heavy atom. The molecule has 50 heavy (non-hydrogen) atoms. The number of allylic oxidation sites excluding steroid dienone is 4. The summed E-state index contributed by atoms with van der Waals surface area (Å²) in [6.45, 7) is 0. The van der Waals surface area contributed by atoms with Gasteiger partial charge in [0.1, 0.15) is 11.2 Å². The van der Waals surface area contributed by atoms with Gasteiger partial charge in [0.25, 0.3) is 0 Å². The normalized spacial score (nSPS) is 12.6. The van der Waals surface area contributed by atoms with Gasteiger partial charge in [-0.05, 0) is 60.2 Å². The van der Waals surface area contributed by atoms with Crippen LogP contribution in [0.1, 0.15) is 11.1 Å². The Balaban J connectivity index is 1.17. The highest BCUT2D eigenvalue weighted by molar-refractivity contribution is 7.25. The van der Waals surface area contributed by atoms with E-state index < -0.39 is 0 Å². The molecule has 0 N–H and O–H groups in total. The molecule has 3 aromatic heterocycles. The van der Waals surface area contributed by atoms with Gasteiger partial charge in [-0.1, -0.05) is 109 Å². The van der Waals surface area contributed by atoms with Crippen LogP contribution in [0.5, 0.6) is 0 Å². The Hall–Kier alpha value is -6.61. The van der Waals surface area contributed by atoms with E-state index in [9.17, 15) is 0 Å². The number of para-hydroxylation sites is 1. The fourth-order valence-corrected chi connectivity index (χ4v) is 7.81. The molecule has 9 aromatic rings. The summed E-state index contributed by atoms with van der Waals surface area (Å²) in [5.41, 5.74) is 15.1. The molecular formula is C45H25N3OS. The van der Waals surface area contributed by atoms with Crippen LogP contribution in [0.4, 0.5) is 0 Å². The van der Waals surface area contributed by atoms with Crippen LogP contribution < -0.4 is 0 Å². The number of benzene rings is 6. The number of nitrogens with zero attached hydrogens (tertiary/aromatic N) is 3. The lowest BCUT2D eigenvalue weighted by atomic mass is 9.95. The molecule has 1 aliphatic rings. The third-order valence-electron chi connectivity index (χ3n) is 9.20. The third-order valence-corrected chi connectivity index (χ3v) is 10.4. The zero-order valence-corrected chi connectivity index (χ0v) is 27.4. The number of hydrogen-bond acceptors (Lipinski definition) is 5. The number of fused-ring (bicyclic) bond motifs is 6.